The summed E-state index contributed by atoms with van der Waals surface area (Å²) in [7, 11) is 3.98. The third kappa shape index (κ3) is 9.09. The number of ether oxygens (including phenoxy) is 1. The number of nitrogens with zero attached hydrogens (tertiary/aromatic N) is 2. The molecule has 0 amide bonds. The van der Waals surface area contributed by atoms with E-state index in [0.29, 0.717) is 12.6 Å². The van der Waals surface area contributed by atoms with Crippen molar-refractivity contribution in [1.82, 2.24) is 15.5 Å². The zero-order chi connectivity index (χ0) is 19.6. The minimum Gasteiger partial charge on any atom is -0.488 e. The van der Waals surface area contributed by atoms with Crippen molar-refractivity contribution >= 4 is 5.96 Å². The molecule has 0 unspecified atom stereocenters. The molecule has 0 saturated heterocycles. The highest BCUT2D eigenvalue weighted by Crippen LogP contribution is 2.22. The van der Waals surface area contributed by atoms with Gasteiger partial charge in [0.15, 0.2) is 5.96 Å². The number of unbranched alkanes of at least 4 members (excludes halogenated alkanes) is 1. The van der Waals surface area contributed by atoms with Gasteiger partial charge in [0.25, 0.3) is 0 Å². The Kier molecular flexibility index (Phi) is 9.49. The van der Waals surface area contributed by atoms with Crippen molar-refractivity contribution in [3.63, 3.8) is 0 Å². The first-order valence-electron chi connectivity index (χ1n) is 9.64. The molecule has 148 valence electrons. The second-order valence-corrected chi connectivity index (χ2v) is 7.96. The molecule has 0 fully saturated rings. The van der Waals surface area contributed by atoms with Crippen molar-refractivity contribution in [3.05, 3.63) is 29.8 Å². The molecule has 0 bridgehead atoms. The number of benzene rings is 1. The normalized spacial score (nSPS) is 12.6. The van der Waals surface area contributed by atoms with Gasteiger partial charge in [-0.3, -0.25) is 4.99 Å². The Labute approximate surface area is 160 Å². The molecule has 0 aliphatic rings. The zero-order valence-electron chi connectivity index (χ0n) is 17.7. The predicted molar refractivity (Wildman–Crippen MR) is 112 cm³/mol. The first kappa shape index (κ1) is 22.3. The van der Waals surface area contributed by atoms with Gasteiger partial charge in [-0.05, 0) is 67.1 Å². The first-order valence-corrected chi connectivity index (χ1v) is 9.64. The Hall–Kier alpha value is -1.75. The van der Waals surface area contributed by atoms with E-state index in [9.17, 15) is 0 Å². The van der Waals surface area contributed by atoms with Gasteiger partial charge in [-0.1, -0.05) is 18.2 Å². The van der Waals surface area contributed by atoms with Crippen LogP contribution in [0.15, 0.2) is 29.3 Å². The van der Waals surface area contributed by atoms with Crippen molar-refractivity contribution in [2.45, 2.75) is 65.6 Å². The molecule has 0 radical (unpaired) electrons. The average Bonchev–Trinajstić information content (AvgIpc) is 2.56. The molecule has 5 nitrogen and oxygen atoms in total. The Bertz CT molecular complexity index is 549. The van der Waals surface area contributed by atoms with Crippen LogP contribution in [0.1, 0.15) is 53.0 Å². The molecule has 0 aromatic heterocycles. The average molecular weight is 363 g/mol. The second-order valence-electron chi connectivity index (χ2n) is 7.96. The molecule has 0 aliphatic heterocycles. The first-order chi connectivity index (χ1) is 12.2. The minimum absolute atomic E-state index is 0.209. The standard InChI is InChI=1S/C21H38N4O/c1-17(2)25(7)15-11-10-14-23-20(22-6)24-16-18-12-8-9-13-19(18)26-21(3,4)5/h8-9,12-13,17H,10-11,14-16H2,1-7H3,(H2,22,23,24). The van der Waals surface area contributed by atoms with E-state index in [2.05, 4.69) is 68.3 Å². The van der Waals surface area contributed by atoms with Gasteiger partial charge >= 0.3 is 0 Å². The highest BCUT2D eigenvalue weighted by Gasteiger charge is 2.14. The maximum Gasteiger partial charge on any atom is 0.191 e. The lowest BCUT2D eigenvalue weighted by Crippen LogP contribution is -2.37. The Morgan fingerprint density at radius 3 is 2.46 bits per heavy atom. The van der Waals surface area contributed by atoms with Crippen molar-refractivity contribution in [2.75, 3.05) is 27.2 Å². The van der Waals surface area contributed by atoms with Crippen molar-refractivity contribution in [2.24, 2.45) is 4.99 Å². The van der Waals surface area contributed by atoms with E-state index < -0.39 is 0 Å². The lowest BCUT2D eigenvalue weighted by atomic mass is 10.1. The topological polar surface area (TPSA) is 48.9 Å². The van der Waals surface area contributed by atoms with Crippen LogP contribution < -0.4 is 15.4 Å². The molecule has 2 N–H and O–H groups in total. The summed E-state index contributed by atoms with van der Waals surface area (Å²) in [5.74, 6) is 1.74. The van der Waals surface area contributed by atoms with E-state index in [1.165, 1.54) is 6.42 Å². The van der Waals surface area contributed by atoms with Crippen LogP contribution in [0.3, 0.4) is 0 Å². The summed E-state index contributed by atoms with van der Waals surface area (Å²) >= 11 is 0. The number of rotatable bonds is 9. The maximum absolute atomic E-state index is 6.05. The van der Waals surface area contributed by atoms with Crippen molar-refractivity contribution < 1.29 is 4.74 Å². The highest BCUT2D eigenvalue weighted by molar-refractivity contribution is 5.79. The SMILES string of the molecule is CN=C(NCCCCN(C)C(C)C)NCc1ccccc1OC(C)(C)C. The molecule has 1 rings (SSSR count). The van der Waals surface area contributed by atoms with Crippen LogP contribution in [0.25, 0.3) is 0 Å². The fourth-order valence-electron chi connectivity index (χ4n) is 2.43. The van der Waals surface area contributed by atoms with Crippen molar-refractivity contribution in [3.8, 4) is 5.75 Å². The van der Waals surface area contributed by atoms with E-state index in [4.69, 9.17) is 4.74 Å². The van der Waals surface area contributed by atoms with Gasteiger partial charge in [0.2, 0.25) is 0 Å². The molecular formula is C21H38N4O. The van der Waals surface area contributed by atoms with Crippen LogP contribution in [-0.2, 0) is 6.54 Å². The quantitative estimate of drug-likeness (QED) is 0.400. The van der Waals surface area contributed by atoms with Gasteiger partial charge in [-0.15, -0.1) is 0 Å². The van der Waals surface area contributed by atoms with Crippen LogP contribution in [0, 0.1) is 0 Å². The predicted octanol–water partition coefficient (Wildman–Crippen LogP) is 3.65. The fraction of sp³-hybridized carbons (Fsp3) is 0.667. The second kappa shape index (κ2) is 11.1. The number of hydrogen-bond acceptors (Lipinski definition) is 3. The Morgan fingerprint density at radius 1 is 1.15 bits per heavy atom. The third-order valence-electron chi connectivity index (χ3n) is 4.17. The van der Waals surface area contributed by atoms with Gasteiger partial charge in [-0.25, -0.2) is 0 Å². The summed E-state index contributed by atoms with van der Waals surface area (Å²) in [5, 5.41) is 6.77. The summed E-state index contributed by atoms with van der Waals surface area (Å²) in [6.45, 7) is 13.4. The molecule has 5 heteroatoms. The van der Waals surface area contributed by atoms with E-state index in [-0.39, 0.29) is 5.60 Å². The molecule has 0 heterocycles. The van der Waals surface area contributed by atoms with E-state index >= 15 is 0 Å². The lowest BCUT2D eigenvalue weighted by molar-refractivity contribution is 0.129. The van der Waals surface area contributed by atoms with Crippen LogP contribution >= 0.6 is 0 Å². The molecular weight excluding hydrogens is 324 g/mol. The smallest absolute Gasteiger partial charge is 0.191 e. The molecule has 0 aliphatic carbocycles. The van der Waals surface area contributed by atoms with Crippen LogP contribution in [0.2, 0.25) is 0 Å². The number of nitrogens with one attached hydrogen (secondary N) is 2. The van der Waals surface area contributed by atoms with Gasteiger partial charge < -0.3 is 20.3 Å². The number of aliphatic imine (C=N–C) groups is 1. The lowest BCUT2D eigenvalue weighted by Gasteiger charge is -2.23. The summed E-state index contributed by atoms with van der Waals surface area (Å²) < 4.78 is 6.05. The zero-order valence-corrected chi connectivity index (χ0v) is 17.7. The number of guanidine groups is 1. The largest absolute Gasteiger partial charge is 0.488 e. The summed E-state index contributed by atoms with van der Waals surface area (Å²) in [6, 6.07) is 8.75. The highest BCUT2D eigenvalue weighted by atomic mass is 16.5. The Morgan fingerprint density at radius 2 is 1.85 bits per heavy atom. The molecule has 1 aromatic carbocycles. The monoisotopic (exact) mass is 362 g/mol. The molecule has 0 spiro atoms. The summed E-state index contributed by atoms with van der Waals surface area (Å²) in [5.41, 5.74) is 0.919. The summed E-state index contributed by atoms with van der Waals surface area (Å²) in [4.78, 5) is 6.69. The van der Waals surface area contributed by atoms with E-state index in [0.717, 1.165) is 36.8 Å². The van der Waals surface area contributed by atoms with Crippen LogP contribution in [0.5, 0.6) is 5.75 Å². The Balaban J connectivity index is 2.41. The molecule has 0 saturated carbocycles. The van der Waals surface area contributed by atoms with Crippen LogP contribution in [-0.4, -0.2) is 49.7 Å². The summed E-state index contributed by atoms with van der Waals surface area (Å²) in [6.07, 6.45) is 2.31. The molecule has 1 aromatic rings. The van der Waals surface area contributed by atoms with Gasteiger partial charge in [0, 0.05) is 31.7 Å². The molecule has 0 atom stereocenters. The maximum atomic E-state index is 6.05. The number of hydrogen-bond donors (Lipinski definition) is 2. The minimum atomic E-state index is -0.209. The van der Waals surface area contributed by atoms with Gasteiger partial charge in [0.1, 0.15) is 11.4 Å². The van der Waals surface area contributed by atoms with Gasteiger partial charge in [-0.2, -0.15) is 0 Å². The fourth-order valence-corrected chi connectivity index (χ4v) is 2.43. The number of para-hydroxylation sites is 1. The van der Waals surface area contributed by atoms with E-state index in [1.807, 2.05) is 18.2 Å². The van der Waals surface area contributed by atoms with Crippen molar-refractivity contribution in [1.29, 1.82) is 0 Å². The third-order valence-corrected chi connectivity index (χ3v) is 4.17. The van der Waals surface area contributed by atoms with Gasteiger partial charge in [0.05, 0.1) is 0 Å². The van der Waals surface area contributed by atoms with E-state index in [1.54, 1.807) is 7.05 Å². The van der Waals surface area contributed by atoms with Crippen LogP contribution in [0.4, 0.5) is 0 Å². The molecule has 26 heavy (non-hydrogen) atoms.